The summed E-state index contributed by atoms with van der Waals surface area (Å²) in [6.07, 6.45) is 3.90. The van der Waals surface area contributed by atoms with E-state index in [2.05, 4.69) is 57.3 Å². The minimum absolute atomic E-state index is 0.663. The lowest BCUT2D eigenvalue weighted by Crippen LogP contribution is -2.23. The lowest BCUT2D eigenvalue weighted by molar-refractivity contribution is 0.399. The fourth-order valence-corrected chi connectivity index (χ4v) is 2.71. The van der Waals surface area contributed by atoms with Crippen LogP contribution in [0.4, 0.5) is 0 Å². The number of hydrogen-bond acceptors (Lipinski definition) is 1. The van der Waals surface area contributed by atoms with Crippen molar-refractivity contribution in [3.8, 4) is 0 Å². The van der Waals surface area contributed by atoms with Gasteiger partial charge in [-0.1, -0.05) is 57.9 Å². The molecule has 1 N–H and O–H groups in total. The first kappa shape index (κ1) is 15.2. The maximum atomic E-state index is 3.53. The summed E-state index contributed by atoms with van der Waals surface area (Å²) in [5, 5.41) is 3.53. The van der Waals surface area contributed by atoms with Gasteiger partial charge in [-0.2, -0.15) is 0 Å². The highest BCUT2D eigenvalue weighted by molar-refractivity contribution is 5.29. The maximum absolute atomic E-state index is 3.53. The molecular formula is C17H29N. The standard InChI is InChI=1S/C17H29N/c1-5-15(6-2)12-16(13-18-7-3)17-11-9-8-10-14(17)4/h8-11,15-16,18H,5-7,12-13H2,1-4H3. The minimum Gasteiger partial charge on any atom is -0.316 e. The van der Waals surface area contributed by atoms with Crippen LogP contribution in [0.1, 0.15) is 57.1 Å². The van der Waals surface area contributed by atoms with Gasteiger partial charge < -0.3 is 5.32 Å². The molecule has 0 amide bonds. The Labute approximate surface area is 113 Å². The van der Waals surface area contributed by atoms with Crippen molar-refractivity contribution >= 4 is 0 Å². The van der Waals surface area contributed by atoms with Crippen LogP contribution in [0.5, 0.6) is 0 Å². The first-order chi connectivity index (χ1) is 8.72. The van der Waals surface area contributed by atoms with Gasteiger partial charge in [0.25, 0.3) is 0 Å². The van der Waals surface area contributed by atoms with Gasteiger partial charge in [0.05, 0.1) is 0 Å². The molecule has 0 aliphatic carbocycles. The molecule has 1 aromatic rings. The van der Waals surface area contributed by atoms with Gasteiger partial charge in [0.15, 0.2) is 0 Å². The molecule has 0 aliphatic rings. The van der Waals surface area contributed by atoms with Crippen molar-refractivity contribution in [3.63, 3.8) is 0 Å². The largest absolute Gasteiger partial charge is 0.316 e. The van der Waals surface area contributed by atoms with Crippen LogP contribution >= 0.6 is 0 Å². The van der Waals surface area contributed by atoms with Crippen LogP contribution in [0.2, 0.25) is 0 Å². The molecule has 0 fully saturated rings. The topological polar surface area (TPSA) is 12.0 Å². The van der Waals surface area contributed by atoms with E-state index < -0.39 is 0 Å². The van der Waals surface area contributed by atoms with Crippen LogP contribution in [-0.4, -0.2) is 13.1 Å². The molecule has 0 aliphatic heterocycles. The van der Waals surface area contributed by atoms with Crippen molar-refractivity contribution in [2.24, 2.45) is 5.92 Å². The molecular weight excluding hydrogens is 218 g/mol. The van der Waals surface area contributed by atoms with E-state index in [0.29, 0.717) is 5.92 Å². The molecule has 0 heterocycles. The van der Waals surface area contributed by atoms with E-state index in [4.69, 9.17) is 0 Å². The Morgan fingerprint density at radius 2 is 1.72 bits per heavy atom. The molecule has 1 atom stereocenters. The Hall–Kier alpha value is -0.820. The number of nitrogens with one attached hydrogen (secondary N) is 1. The highest BCUT2D eigenvalue weighted by Crippen LogP contribution is 2.28. The number of rotatable bonds is 8. The van der Waals surface area contributed by atoms with E-state index in [1.807, 2.05) is 0 Å². The summed E-state index contributed by atoms with van der Waals surface area (Å²) >= 11 is 0. The smallest absolute Gasteiger partial charge is 0.00202 e. The molecule has 102 valence electrons. The van der Waals surface area contributed by atoms with Crippen LogP contribution in [0.25, 0.3) is 0 Å². The predicted molar refractivity (Wildman–Crippen MR) is 81.2 cm³/mol. The molecule has 1 heteroatoms. The van der Waals surface area contributed by atoms with Gasteiger partial charge in [-0.05, 0) is 42.9 Å². The van der Waals surface area contributed by atoms with E-state index in [0.717, 1.165) is 19.0 Å². The Kier molecular flexibility index (Phi) is 7.04. The fourth-order valence-electron chi connectivity index (χ4n) is 2.71. The van der Waals surface area contributed by atoms with E-state index in [1.54, 1.807) is 0 Å². The number of aryl methyl sites for hydroxylation is 1. The van der Waals surface area contributed by atoms with Crippen molar-refractivity contribution in [3.05, 3.63) is 35.4 Å². The average molecular weight is 247 g/mol. The van der Waals surface area contributed by atoms with Gasteiger partial charge in [0, 0.05) is 6.54 Å². The Balaban J connectivity index is 2.80. The quantitative estimate of drug-likeness (QED) is 0.712. The van der Waals surface area contributed by atoms with Crippen molar-refractivity contribution in [2.75, 3.05) is 13.1 Å². The van der Waals surface area contributed by atoms with Crippen molar-refractivity contribution < 1.29 is 0 Å². The third kappa shape index (κ3) is 4.45. The van der Waals surface area contributed by atoms with Crippen molar-refractivity contribution in [2.45, 2.75) is 52.9 Å². The van der Waals surface area contributed by atoms with E-state index >= 15 is 0 Å². The van der Waals surface area contributed by atoms with Gasteiger partial charge in [0.1, 0.15) is 0 Å². The van der Waals surface area contributed by atoms with Gasteiger partial charge >= 0.3 is 0 Å². The highest BCUT2D eigenvalue weighted by atomic mass is 14.8. The summed E-state index contributed by atoms with van der Waals surface area (Å²) in [5.41, 5.74) is 2.97. The minimum atomic E-state index is 0.663. The summed E-state index contributed by atoms with van der Waals surface area (Å²) in [6.45, 7) is 11.2. The summed E-state index contributed by atoms with van der Waals surface area (Å²) in [4.78, 5) is 0. The molecule has 1 rings (SSSR count). The van der Waals surface area contributed by atoms with Gasteiger partial charge in [0.2, 0.25) is 0 Å². The fraction of sp³-hybridized carbons (Fsp3) is 0.647. The molecule has 1 unspecified atom stereocenters. The van der Waals surface area contributed by atoms with E-state index in [1.165, 1.54) is 30.4 Å². The molecule has 18 heavy (non-hydrogen) atoms. The number of likely N-dealkylation sites (N-methyl/N-ethyl adjacent to an activating group) is 1. The molecule has 0 radical (unpaired) electrons. The molecule has 0 aromatic heterocycles. The normalized spacial score (nSPS) is 12.9. The zero-order valence-electron chi connectivity index (χ0n) is 12.5. The molecule has 0 saturated carbocycles. The van der Waals surface area contributed by atoms with Crippen molar-refractivity contribution in [1.82, 2.24) is 5.32 Å². The van der Waals surface area contributed by atoms with Gasteiger partial charge in [-0.15, -0.1) is 0 Å². The highest BCUT2D eigenvalue weighted by Gasteiger charge is 2.17. The second kappa shape index (κ2) is 8.31. The summed E-state index contributed by atoms with van der Waals surface area (Å²) in [6, 6.07) is 8.86. The average Bonchev–Trinajstić information content (AvgIpc) is 2.40. The van der Waals surface area contributed by atoms with Crippen LogP contribution in [0.15, 0.2) is 24.3 Å². The summed E-state index contributed by atoms with van der Waals surface area (Å²) < 4.78 is 0. The Bertz CT molecular complexity index is 328. The zero-order chi connectivity index (χ0) is 13.4. The zero-order valence-corrected chi connectivity index (χ0v) is 12.5. The molecule has 1 aromatic carbocycles. The summed E-state index contributed by atoms with van der Waals surface area (Å²) in [5.74, 6) is 1.52. The first-order valence-corrected chi connectivity index (χ1v) is 7.49. The Morgan fingerprint density at radius 1 is 1.06 bits per heavy atom. The lowest BCUT2D eigenvalue weighted by atomic mass is 9.84. The second-order valence-corrected chi connectivity index (χ2v) is 5.28. The number of benzene rings is 1. The molecule has 0 saturated heterocycles. The maximum Gasteiger partial charge on any atom is 0.00202 e. The van der Waals surface area contributed by atoms with Crippen LogP contribution < -0.4 is 5.32 Å². The Morgan fingerprint density at radius 3 is 2.28 bits per heavy atom. The lowest BCUT2D eigenvalue weighted by Gasteiger charge is -2.24. The van der Waals surface area contributed by atoms with Gasteiger partial charge in [-0.3, -0.25) is 0 Å². The third-order valence-corrected chi connectivity index (χ3v) is 4.04. The predicted octanol–water partition coefficient (Wildman–Crippen LogP) is 4.51. The van der Waals surface area contributed by atoms with E-state index in [-0.39, 0.29) is 0 Å². The van der Waals surface area contributed by atoms with Crippen LogP contribution in [-0.2, 0) is 0 Å². The van der Waals surface area contributed by atoms with Crippen LogP contribution in [0.3, 0.4) is 0 Å². The first-order valence-electron chi connectivity index (χ1n) is 7.49. The third-order valence-electron chi connectivity index (χ3n) is 4.04. The molecule has 0 spiro atoms. The monoisotopic (exact) mass is 247 g/mol. The SMILES string of the molecule is CCNCC(CC(CC)CC)c1ccccc1C. The van der Waals surface area contributed by atoms with Gasteiger partial charge in [-0.25, -0.2) is 0 Å². The molecule has 1 nitrogen and oxygen atoms in total. The second-order valence-electron chi connectivity index (χ2n) is 5.28. The number of hydrogen-bond donors (Lipinski definition) is 1. The summed E-state index contributed by atoms with van der Waals surface area (Å²) in [7, 11) is 0. The van der Waals surface area contributed by atoms with Crippen molar-refractivity contribution in [1.29, 1.82) is 0 Å². The van der Waals surface area contributed by atoms with Crippen LogP contribution in [0, 0.1) is 12.8 Å². The molecule has 0 bridgehead atoms. The van der Waals surface area contributed by atoms with E-state index in [9.17, 15) is 0 Å².